The Labute approximate surface area is 95.5 Å². The molecule has 2 atom stereocenters. The van der Waals surface area contributed by atoms with Gasteiger partial charge in [0.25, 0.3) is 5.22 Å². The third kappa shape index (κ3) is 1.66. The maximum atomic E-state index is 12.1. The Bertz CT molecular complexity index is 499. The van der Waals surface area contributed by atoms with Crippen LogP contribution in [0.15, 0.2) is 33.9 Å². The summed E-state index contributed by atoms with van der Waals surface area (Å²) in [6.45, 7) is 1.71. The van der Waals surface area contributed by atoms with Crippen LogP contribution >= 0.6 is 0 Å². The van der Waals surface area contributed by atoms with Gasteiger partial charge in [0.05, 0.1) is 5.25 Å². The van der Waals surface area contributed by atoms with Crippen molar-refractivity contribution in [3.8, 4) is 0 Å². The van der Waals surface area contributed by atoms with Crippen molar-refractivity contribution in [2.24, 2.45) is 0 Å². The molecule has 1 N–H and O–H groups in total. The highest BCUT2D eigenvalue weighted by atomic mass is 32.2. The Balaban J connectivity index is 1.96. The number of aromatic nitrogens is 1. The van der Waals surface area contributed by atoms with Crippen LogP contribution in [0.4, 0.5) is 0 Å². The number of rotatable bonds is 2. The summed E-state index contributed by atoms with van der Waals surface area (Å²) in [5.74, 6) is 0. The second-order valence-electron chi connectivity index (χ2n) is 3.86. The largest absolute Gasteiger partial charge is 0.430 e. The van der Waals surface area contributed by atoms with Crippen LogP contribution in [0.2, 0.25) is 0 Å². The number of para-hydroxylation sites is 2. The van der Waals surface area contributed by atoms with Gasteiger partial charge in [0, 0.05) is 6.54 Å². The van der Waals surface area contributed by atoms with Crippen molar-refractivity contribution in [3.63, 3.8) is 0 Å². The minimum atomic E-state index is -1.13. The lowest BCUT2D eigenvalue weighted by Crippen LogP contribution is -2.18. The van der Waals surface area contributed by atoms with Gasteiger partial charge in [-0.25, -0.2) is 9.19 Å². The lowest BCUT2D eigenvalue weighted by atomic mass is 10.3. The summed E-state index contributed by atoms with van der Waals surface area (Å²) < 4.78 is 17.6. The van der Waals surface area contributed by atoms with Gasteiger partial charge in [0.15, 0.2) is 5.58 Å². The van der Waals surface area contributed by atoms with Crippen LogP contribution in [-0.4, -0.2) is 27.5 Å². The molecule has 1 aliphatic heterocycles. The molecule has 0 aliphatic carbocycles. The second-order valence-corrected chi connectivity index (χ2v) is 5.47. The van der Waals surface area contributed by atoms with Crippen LogP contribution in [0.1, 0.15) is 6.42 Å². The molecule has 84 valence electrons. The van der Waals surface area contributed by atoms with Gasteiger partial charge < -0.3 is 9.73 Å². The summed E-state index contributed by atoms with van der Waals surface area (Å²) >= 11 is 0. The van der Waals surface area contributed by atoms with Gasteiger partial charge >= 0.3 is 0 Å². The summed E-state index contributed by atoms with van der Waals surface area (Å²) in [5, 5.41) is 3.68. The summed E-state index contributed by atoms with van der Waals surface area (Å²) in [4.78, 5) is 4.26. The lowest BCUT2D eigenvalue weighted by molar-refractivity contribution is 0.475. The molecule has 1 aromatic carbocycles. The summed E-state index contributed by atoms with van der Waals surface area (Å²) in [5.41, 5.74) is 1.48. The third-order valence-electron chi connectivity index (χ3n) is 2.76. The van der Waals surface area contributed by atoms with Crippen molar-refractivity contribution in [2.75, 3.05) is 13.1 Å². The van der Waals surface area contributed by atoms with Crippen molar-refractivity contribution < 1.29 is 8.63 Å². The molecule has 0 radical (unpaired) electrons. The van der Waals surface area contributed by atoms with Crippen LogP contribution in [0.25, 0.3) is 11.1 Å². The van der Waals surface area contributed by atoms with E-state index in [2.05, 4.69) is 10.3 Å². The van der Waals surface area contributed by atoms with E-state index in [9.17, 15) is 4.21 Å². The Kier molecular flexibility index (Phi) is 2.49. The van der Waals surface area contributed by atoms with Gasteiger partial charge in [-0.15, -0.1) is 0 Å². The van der Waals surface area contributed by atoms with Crippen LogP contribution < -0.4 is 5.32 Å². The average Bonchev–Trinajstić information content (AvgIpc) is 2.97. The Morgan fingerprint density at radius 2 is 2.31 bits per heavy atom. The number of nitrogens with one attached hydrogen (secondary N) is 1. The predicted molar refractivity (Wildman–Crippen MR) is 61.7 cm³/mol. The number of hydrogen-bond donors (Lipinski definition) is 1. The molecule has 1 aliphatic rings. The normalized spacial score (nSPS) is 22.6. The van der Waals surface area contributed by atoms with Gasteiger partial charge in [-0.1, -0.05) is 12.1 Å². The van der Waals surface area contributed by atoms with Gasteiger partial charge in [-0.2, -0.15) is 0 Å². The van der Waals surface area contributed by atoms with Crippen molar-refractivity contribution in [1.29, 1.82) is 0 Å². The smallest absolute Gasteiger partial charge is 0.288 e. The molecule has 2 aromatic rings. The fourth-order valence-electron chi connectivity index (χ4n) is 1.89. The second kappa shape index (κ2) is 3.99. The number of fused-ring (bicyclic) bond motifs is 1. The molecule has 0 amide bonds. The minimum Gasteiger partial charge on any atom is -0.430 e. The first kappa shape index (κ1) is 9.99. The molecule has 5 heteroatoms. The SMILES string of the molecule is O=S(c1nc2ccccc2o1)[C@H]1CCNC1. The fourth-order valence-corrected chi connectivity index (χ4v) is 3.14. The van der Waals surface area contributed by atoms with E-state index in [0.717, 1.165) is 25.0 Å². The zero-order valence-corrected chi connectivity index (χ0v) is 9.50. The number of benzene rings is 1. The van der Waals surface area contributed by atoms with Crippen LogP contribution in [0.3, 0.4) is 0 Å². The van der Waals surface area contributed by atoms with Gasteiger partial charge in [-0.3, -0.25) is 0 Å². The van der Waals surface area contributed by atoms with E-state index in [4.69, 9.17) is 4.42 Å². The quantitative estimate of drug-likeness (QED) is 0.854. The molecule has 0 bridgehead atoms. The van der Waals surface area contributed by atoms with E-state index in [-0.39, 0.29) is 5.25 Å². The van der Waals surface area contributed by atoms with E-state index in [1.54, 1.807) is 0 Å². The molecule has 2 heterocycles. The first-order chi connectivity index (χ1) is 7.84. The maximum Gasteiger partial charge on any atom is 0.288 e. The zero-order chi connectivity index (χ0) is 11.0. The molecule has 3 rings (SSSR count). The van der Waals surface area contributed by atoms with E-state index in [1.165, 1.54) is 0 Å². The van der Waals surface area contributed by atoms with Crippen LogP contribution in [0, 0.1) is 0 Å². The highest BCUT2D eigenvalue weighted by Gasteiger charge is 2.25. The van der Waals surface area contributed by atoms with Crippen molar-refractivity contribution in [2.45, 2.75) is 16.9 Å². The average molecular weight is 236 g/mol. The summed E-state index contributed by atoms with van der Waals surface area (Å²) in [7, 11) is -1.13. The van der Waals surface area contributed by atoms with E-state index in [1.807, 2.05) is 24.3 Å². The Hall–Kier alpha value is -1.20. The maximum absolute atomic E-state index is 12.1. The van der Waals surface area contributed by atoms with Crippen LogP contribution in [-0.2, 0) is 10.8 Å². The van der Waals surface area contributed by atoms with E-state index in [0.29, 0.717) is 10.8 Å². The molecule has 16 heavy (non-hydrogen) atoms. The standard InChI is InChI=1S/C11H12N2O2S/c14-16(8-5-6-12-7-8)11-13-9-3-1-2-4-10(9)15-11/h1-4,8,12H,5-7H2/t8-,16?/m0/s1. The number of nitrogens with zero attached hydrogens (tertiary/aromatic N) is 1. The Morgan fingerprint density at radius 1 is 1.44 bits per heavy atom. The molecule has 0 saturated carbocycles. The summed E-state index contributed by atoms with van der Waals surface area (Å²) in [6.07, 6.45) is 0.922. The minimum absolute atomic E-state index is 0.132. The van der Waals surface area contributed by atoms with E-state index < -0.39 is 10.8 Å². The molecular weight excluding hydrogens is 224 g/mol. The first-order valence-corrected chi connectivity index (χ1v) is 6.53. The summed E-state index contributed by atoms with van der Waals surface area (Å²) in [6, 6.07) is 7.49. The molecule has 4 nitrogen and oxygen atoms in total. The van der Waals surface area contributed by atoms with Crippen molar-refractivity contribution >= 4 is 21.9 Å². The van der Waals surface area contributed by atoms with Crippen molar-refractivity contribution in [1.82, 2.24) is 10.3 Å². The van der Waals surface area contributed by atoms with Gasteiger partial charge in [0.1, 0.15) is 16.3 Å². The highest BCUT2D eigenvalue weighted by molar-refractivity contribution is 7.85. The zero-order valence-electron chi connectivity index (χ0n) is 8.68. The molecular formula is C11H12N2O2S. The first-order valence-electron chi connectivity index (χ1n) is 5.31. The highest BCUT2D eigenvalue weighted by Crippen LogP contribution is 2.20. The van der Waals surface area contributed by atoms with Crippen LogP contribution in [0.5, 0.6) is 0 Å². The molecule has 1 aromatic heterocycles. The molecule has 1 unspecified atom stereocenters. The molecule has 1 fully saturated rings. The van der Waals surface area contributed by atoms with Gasteiger partial charge in [-0.05, 0) is 25.1 Å². The molecule has 0 spiro atoms. The van der Waals surface area contributed by atoms with Gasteiger partial charge in [0.2, 0.25) is 0 Å². The Morgan fingerprint density at radius 3 is 3.06 bits per heavy atom. The topological polar surface area (TPSA) is 55.1 Å². The third-order valence-corrected chi connectivity index (χ3v) is 4.29. The fraction of sp³-hybridized carbons (Fsp3) is 0.364. The number of oxazole rings is 1. The van der Waals surface area contributed by atoms with E-state index >= 15 is 0 Å². The molecule has 1 saturated heterocycles. The van der Waals surface area contributed by atoms with Crippen molar-refractivity contribution in [3.05, 3.63) is 24.3 Å². The lowest BCUT2D eigenvalue weighted by Gasteiger charge is -2.02. The monoisotopic (exact) mass is 236 g/mol. The predicted octanol–water partition coefficient (Wildman–Crippen LogP) is 1.30. The number of hydrogen-bond acceptors (Lipinski definition) is 4.